The molecule has 0 aliphatic carbocycles. The number of guanidine groups is 1. The van der Waals surface area contributed by atoms with Gasteiger partial charge in [-0.3, -0.25) is 0 Å². The molecule has 2 N–H and O–H groups in total. The van der Waals surface area contributed by atoms with Crippen molar-refractivity contribution in [1.82, 2.24) is 20.6 Å². The number of aliphatic imine (C=N–C) groups is 1. The summed E-state index contributed by atoms with van der Waals surface area (Å²) in [6.07, 6.45) is 4.80. The van der Waals surface area contributed by atoms with Gasteiger partial charge in [-0.1, -0.05) is 6.92 Å². The number of aromatic nitrogens is 2. The summed E-state index contributed by atoms with van der Waals surface area (Å²) in [7, 11) is 3.97. The number of aryl methyl sites for hydroxylation is 1. The highest BCUT2D eigenvalue weighted by Gasteiger charge is 2.03. The standard InChI is InChI=1S/C17H26N6S.HI/c1-5-14-11-20-16(24-14)12-22-17(18-6-2)21-10-13-7-8-19-15(9-13)23(3)4;/h7-9,11H,5-6,10,12H2,1-4H3,(H2,18,21,22);1H. The Morgan fingerprint density at radius 1 is 1.24 bits per heavy atom. The molecule has 0 aliphatic heterocycles. The molecule has 2 aromatic heterocycles. The van der Waals surface area contributed by atoms with E-state index in [4.69, 9.17) is 0 Å². The van der Waals surface area contributed by atoms with Gasteiger partial charge in [0.15, 0.2) is 5.96 Å². The van der Waals surface area contributed by atoms with Gasteiger partial charge in [-0.05, 0) is 31.0 Å². The van der Waals surface area contributed by atoms with Crippen molar-refractivity contribution in [3.05, 3.63) is 40.0 Å². The zero-order valence-corrected chi connectivity index (χ0v) is 18.4. The molecule has 0 aromatic carbocycles. The summed E-state index contributed by atoms with van der Waals surface area (Å²) in [6.45, 7) is 6.33. The third-order valence-corrected chi connectivity index (χ3v) is 4.53. The Hall–Kier alpha value is -1.42. The van der Waals surface area contributed by atoms with Crippen LogP contribution in [-0.2, 0) is 19.5 Å². The average Bonchev–Trinajstić information content (AvgIpc) is 3.05. The minimum atomic E-state index is 0. The number of nitrogens with one attached hydrogen (secondary N) is 2. The summed E-state index contributed by atoms with van der Waals surface area (Å²) >= 11 is 1.74. The molecule has 0 bridgehead atoms. The van der Waals surface area contributed by atoms with Crippen LogP contribution in [0.25, 0.3) is 0 Å². The summed E-state index contributed by atoms with van der Waals surface area (Å²) in [4.78, 5) is 16.7. The lowest BCUT2D eigenvalue weighted by molar-refractivity contribution is 0.811. The van der Waals surface area contributed by atoms with Crippen LogP contribution in [0.1, 0.15) is 29.3 Å². The van der Waals surface area contributed by atoms with Crippen LogP contribution in [0.4, 0.5) is 5.82 Å². The van der Waals surface area contributed by atoms with E-state index in [2.05, 4.69) is 45.5 Å². The molecule has 2 aromatic rings. The molecular formula is C17H27IN6S. The van der Waals surface area contributed by atoms with Gasteiger partial charge in [0.1, 0.15) is 10.8 Å². The lowest BCUT2D eigenvalue weighted by Gasteiger charge is -2.12. The molecule has 0 unspecified atom stereocenters. The molecule has 138 valence electrons. The molecule has 6 nitrogen and oxygen atoms in total. The molecule has 0 radical (unpaired) electrons. The summed E-state index contributed by atoms with van der Waals surface area (Å²) < 4.78 is 0. The van der Waals surface area contributed by atoms with Crippen LogP contribution < -0.4 is 15.5 Å². The Bertz CT molecular complexity index is 671. The Labute approximate surface area is 171 Å². The number of halogens is 1. The van der Waals surface area contributed by atoms with Crippen molar-refractivity contribution in [1.29, 1.82) is 0 Å². The van der Waals surface area contributed by atoms with E-state index in [1.165, 1.54) is 4.88 Å². The predicted octanol–water partition coefficient (Wildman–Crippen LogP) is 3.04. The van der Waals surface area contributed by atoms with E-state index in [0.717, 1.165) is 35.3 Å². The van der Waals surface area contributed by atoms with Crippen molar-refractivity contribution in [2.75, 3.05) is 25.5 Å². The first kappa shape index (κ1) is 21.6. The van der Waals surface area contributed by atoms with Crippen LogP contribution in [0.3, 0.4) is 0 Å². The third-order valence-electron chi connectivity index (χ3n) is 3.39. The minimum absolute atomic E-state index is 0. The zero-order chi connectivity index (χ0) is 17.4. The largest absolute Gasteiger partial charge is 0.363 e. The number of thiazole rings is 1. The van der Waals surface area contributed by atoms with Gasteiger partial charge in [-0.25, -0.2) is 15.0 Å². The molecule has 0 aliphatic rings. The molecule has 0 atom stereocenters. The van der Waals surface area contributed by atoms with Gasteiger partial charge in [0.05, 0.1) is 13.1 Å². The maximum absolute atomic E-state index is 4.65. The molecule has 8 heteroatoms. The Balaban J connectivity index is 0.00000312. The molecule has 0 spiro atoms. The van der Waals surface area contributed by atoms with E-state index in [9.17, 15) is 0 Å². The first-order chi connectivity index (χ1) is 11.6. The fraction of sp³-hybridized carbons (Fsp3) is 0.471. The van der Waals surface area contributed by atoms with Gasteiger partial charge in [-0.15, -0.1) is 35.3 Å². The van der Waals surface area contributed by atoms with E-state index in [0.29, 0.717) is 13.1 Å². The number of hydrogen-bond acceptors (Lipinski definition) is 5. The van der Waals surface area contributed by atoms with Crippen LogP contribution in [0.15, 0.2) is 29.5 Å². The van der Waals surface area contributed by atoms with Crippen LogP contribution >= 0.6 is 35.3 Å². The van der Waals surface area contributed by atoms with Crippen molar-refractivity contribution in [2.24, 2.45) is 4.99 Å². The first-order valence-corrected chi connectivity index (χ1v) is 9.02. The second kappa shape index (κ2) is 11.2. The van der Waals surface area contributed by atoms with E-state index in [1.807, 2.05) is 37.5 Å². The predicted molar refractivity (Wildman–Crippen MR) is 117 cm³/mol. The van der Waals surface area contributed by atoms with Gasteiger partial charge in [-0.2, -0.15) is 0 Å². The van der Waals surface area contributed by atoms with Gasteiger partial charge in [0.2, 0.25) is 0 Å². The quantitative estimate of drug-likeness (QED) is 0.367. The van der Waals surface area contributed by atoms with Crippen molar-refractivity contribution in [3.63, 3.8) is 0 Å². The lowest BCUT2D eigenvalue weighted by atomic mass is 10.2. The number of anilines is 1. The number of hydrogen-bond donors (Lipinski definition) is 2. The number of rotatable bonds is 7. The van der Waals surface area contributed by atoms with E-state index >= 15 is 0 Å². The highest BCUT2D eigenvalue weighted by atomic mass is 127. The molecule has 2 rings (SSSR count). The van der Waals surface area contributed by atoms with E-state index < -0.39 is 0 Å². The first-order valence-electron chi connectivity index (χ1n) is 8.20. The molecule has 0 saturated carbocycles. The molecule has 0 amide bonds. The van der Waals surface area contributed by atoms with Crippen molar-refractivity contribution < 1.29 is 0 Å². The number of pyridine rings is 1. The fourth-order valence-corrected chi connectivity index (χ4v) is 2.87. The van der Waals surface area contributed by atoms with Crippen LogP contribution in [-0.4, -0.2) is 36.6 Å². The summed E-state index contributed by atoms with van der Waals surface area (Å²) in [6, 6.07) is 4.05. The third kappa shape index (κ3) is 7.15. The topological polar surface area (TPSA) is 65.4 Å². The smallest absolute Gasteiger partial charge is 0.191 e. The summed E-state index contributed by atoms with van der Waals surface area (Å²) in [5.74, 6) is 1.74. The van der Waals surface area contributed by atoms with Gasteiger partial charge >= 0.3 is 0 Å². The van der Waals surface area contributed by atoms with Gasteiger partial charge in [0, 0.05) is 37.9 Å². The Morgan fingerprint density at radius 2 is 2.04 bits per heavy atom. The van der Waals surface area contributed by atoms with Crippen molar-refractivity contribution in [2.45, 2.75) is 33.4 Å². The second-order valence-corrected chi connectivity index (χ2v) is 6.74. The lowest BCUT2D eigenvalue weighted by Crippen LogP contribution is -2.36. The van der Waals surface area contributed by atoms with Crippen molar-refractivity contribution in [3.8, 4) is 0 Å². The second-order valence-electron chi connectivity index (χ2n) is 5.54. The number of nitrogens with zero attached hydrogens (tertiary/aromatic N) is 4. The molecule has 0 fully saturated rings. The highest BCUT2D eigenvalue weighted by molar-refractivity contribution is 14.0. The SMILES string of the molecule is CCNC(=NCc1ccnc(N(C)C)c1)NCc1ncc(CC)s1.I. The van der Waals surface area contributed by atoms with Crippen LogP contribution in [0.5, 0.6) is 0 Å². The van der Waals surface area contributed by atoms with E-state index in [-0.39, 0.29) is 24.0 Å². The maximum atomic E-state index is 4.65. The maximum Gasteiger partial charge on any atom is 0.191 e. The Morgan fingerprint density at radius 3 is 2.68 bits per heavy atom. The normalized spacial score (nSPS) is 11.0. The average molecular weight is 474 g/mol. The Kier molecular flexibility index (Phi) is 9.73. The molecule has 2 heterocycles. The van der Waals surface area contributed by atoms with Crippen LogP contribution in [0.2, 0.25) is 0 Å². The minimum Gasteiger partial charge on any atom is -0.363 e. The molecule has 25 heavy (non-hydrogen) atoms. The zero-order valence-electron chi connectivity index (χ0n) is 15.2. The van der Waals surface area contributed by atoms with Crippen LogP contribution in [0, 0.1) is 0 Å². The van der Waals surface area contributed by atoms with Gasteiger partial charge in [0.25, 0.3) is 0 Å². The fourth-order valence-electron chi connectivity index (χ4n) is 2.07. The summed E-state index contributed by atoms with van der Waals surface area (Å²) in [5.41, 5.74) is 1.13. The van der Waals surface area contributed by atoms with Crippen molar-refractivity contribution >= 4 is 47.1 Å². The summed E-state index contributed by atoms with van der Waals surface area (Å²) in [5, 5.41) is 7.69. The van der Waals surface area contributed by atoms with Gasteiger partial charge < -0.3 is 15.5 Å². The molecular weight excluding hydrogens is 447 g/mol. The monoisotopic (exact) mass is 474 g/mol. The van der Waals surface area contributed by atoms with E-state index in [1.54, 1.807) is 11.3 Å². The highest BCUT2D eigenvalue weighted by Crippen LogP contribution is 2.13. The molecule has 0 saturated heterocycles.